The van der Waals surface area contributed by atoms with Crippen molar-refractivity contribution in [3.63, 3.8) is 0 Å². The maximum absolute atomic E-state index is 13.4. The number of aromatic nitrogens is 2. The number of urea groups is 1. The van der Waals surface area contributed by atoms with Crippen LogP contribution in [0.5, 0.6) is 5.75 Å². The third-order valence-electron chi connectivity index (χ3n) is 12.3. The first-order chi connectivity index (χ1) is 27.8. The van der Waals surface area contributed by atoms with Crippen molar-refractivity contribution in [1.82, 2.24) is 30.0 Å². The molecular weight excluding hydrogens is 757 g/mol. The topological polar surface area (TPSA) is 149 Å². The molecule has 2 atom stereocenters. The number of benzene rings is 3. The van der Waals surface area contributed by atoms with Gasteiger partial charge in [0.1, 0.15) is 5.75 Å². The summed E-state index contributed by atoms with van der Waals surface area (Å²) in [4.78, 5) is 68.6. The highest BCUT2D eigenvalue weighted by Crippen LogP contribution is 2.40. The maximum Gasteiger partial charge on any atom is 0.416 e. The Morgan fingerprint density at radius 1 is 0.897 bits per heavy atom. The molecule has 302 valence electrons. The number of amides is 6. The molecule has 4 aromatic rings. The zero-order valence-corrected chi connectivity index (χ0v) is 31.6. The van der Waals surface area contributed by atoms with Gasteiger partial charge in [0.05, 0.1) is 47.6 Å². The van der Waals surface area contributed by atoms with E-state index in [1.165, 1.54) is 19.2 Å². The Kier molecular flexibility index (Phi) is 9.36. The second-order valence-corrected chi connectivity index (χ2v) is 15.8. The molecule has 4 fully saturated rings. The Balaban J connectivity index is 0.812. The summed E-state index contributed by atoms with van der Waals surface area (Å²) < 4.78 is 47.3. The van der Waals surface area contributed by atoms with Gasteiger partial charge in [-0.05, 0) is 86.9 Å². The van der Waals surface area contributed by atoms with Crippen LogP contribution in [0.1, 0.15) is 87.6 Å². The highest BCUT2D eigenvalue weighted by molar-refractivity contribution is 6.22. The first kappa shape index (κ1) is 37.6. The summed E-state index contributed by atoms with van der Waals surface area (Å²) in [6.07, 6.45) is 3.56. The quantitative estimate of drug-likeness (QED) is 0.209. The molecule has 1 aliphatic carbocycles. The second kappa shape index (κ2) is 14.4. The van der Waals surface area contributed by atoms with Gasteiger partial charge in [0, 0.05) is 67.0 Å². The number of anilines is 2. The monoisotopic (exact) mass is 798 g/mol. The van der Waals surface area contributed by atoms with Gasteiger partial charge >= 0.3 is 12.2 Å². The first-order valence-electron chi connectivity index (χ1n) is 19.5. The number of hydrogen-bond donors (Lipinski definition) is 2. The van der Waals surface area contributed by atoms with Gasteiger partial charge in [0.2, 0.25) is 5.91 Å². The number of ether oxygens (including phenoxy) is 1. The Hall–Kier alpha value is -5.97. The van der Waals surface area contributed by atoms with Crippen LogP contribution in [-0.2, 0) is 11.0 Å². The summed E-state index contributed by atoms with van der Waals surface area (Å²) in [7, 11) is 1.46. The van der Waals surface area contributed by atoms with Crippen LogP contribution < -0.4 is 20.3 Å². The molecule has 1 unspecified atom stereocenters. The average Bonchev–Trinajstić information content (AvgIpc) is 3.80. The Bertz CT molecular complexity index is 2340. The predicted octanol–water partition coefficient (Wildman–Crippen LogP) is 5.85. The van der Waals surface area contributed by atoms with Crippen molar-refractivity contribution >= 4 is 51.9 Å². The minimum atomic E-state index is -4.57. The number of alkyl halides is 3. The van der Waals surface area contributed by atoms with Crippen molar-refractivity contribution in [2.24, 2.45) is 5.92 Å². The highest BCUT2D eigenvalue weighted by atomic mass is 19.4. The summed E-state index contributed by atoms with van der Waals surface area (Å²) in [5.41, 5.74) is 1.37. The van der Waals surface area contributed by atoms with Crippen molar-refractivity contribution in [2.45, 2.75) is 69.2 Å². The third-order valence-corrected chi connectivity index (χ3v) is 12.3. The van der Waals surface area contributed by atoms with Gasteiger partial charge in [-0.15, -0.1) is 0 Å². The van der Waals surface area contributed by atoms with Crippen LogP contribution in [0.4, 0.5) is 29.3 Å². The van der Waals surface area contributed by atoms with E-state index in [2.05, 4.69) is 20.4 Å². The molecule has 1 saturated carbocycles. The molecule has 17 heteroatoms. The number of hydrogen-bond acceptors (Lipinski definition) is 9. The lowest BCUT2D eigenvalue weighted by molar-refractivity contribution is -0.137. The summed E-state index contributed by atoms with van der Waals surface area (Å²) in [6.45, 7) is 2.57. The molecule has 1 aromatic heterocycles. The summed E-state index contributed by atoms with van der Waals surface area (Å²) in [5.74, 6) is -1.39. The average molecular weight is 799 g/mol. The summed E-state index contributed by atoms with van der Waals surface area (Å²) in [5, 5.41) is 12.3. The standard InChI is InChI=1S/C41H41F3N8O6/c1-58-35-18-33-25(16-34(35)45-37(54)24-3-2-4-26(15-24)41(42,43)44)20-50(47-33)27-7-5-23(6-8-27)19-49-29-9-10-30(49)22-48(21-29)28-11-12-31-32(17-28)39(56)52(38(31)55)51-14-13-36(53)46-40(51)57/h2-4,11-12,15-18,20,23,27,29-30H,5-10,13-14,19,21-22H2,1H3,(H,45,54)(H,46,53,57)/t23?,27?,29-,30?/m1/s1. The molecule has 5 aliphatic rings. The van der Waals surface area contributed by atoms with E-state index in [9.17, 15) is 37.1 Å². The van der Waals surface area contributed by atoms with Crippen molar-refractivity contribution in [3.05, 3.63) is 83.0 Å². The lowest BCUT2D eigenvalue weighted by atomic mass is 9.85. The molecular formula is C41H41F3N8O6. The Morgan fingerprint density at radius 2 is 1.62 bits per heavy atom. The molecule has 0 spiro atoms. The second-order valence-electron chi connectivity index (χ2n) is 15.8. The number of piperazine rings is 1. The van der Waals surface area contributed by atoms with E-state index in [4.69, 9.17) is 9.84 Å². The summed E-state index contributed by atoms with van der Waals surface area (Å²) >= 11 is 0. The van der Waals surface area contributed by atoms with Crippen LogP contribution in [0.15, 0.2) is 60.8 Å². The normalized spacial score (nSPS) is 23.8. The highest BCUT2D eigenvalue weighted by Gasteiger charge is 2.45. The molecule has 4 aliphatic heterocycles. The van der Waals surface area contributed by atoms with Crippen molar-refractivity contribution in [2.75, 3.05) is 43.5 Å². The molecule has 3 saturated heterocycles. The largest absolute Gasteiger partial charge is 0.494 e. The number of nitrogens with one attached hydrogen (secondary N) is 2. The number of nitrogens with zero attached hydrogens (tertiary/aromatic N) is 6. The van der Waals surface area contributed by atoms with Crippen LogP contribution in [0.3, 0.4) is 0 Å². The molecule has 2 bridgehead atoms. The van der Waals surface area contributed by atoms with E-state index in [0.29, 0.717) is 35.0 Å². The van der Waals surface area contributed by atoms with Crippen LogP contribution >= 0.6 is 0 Å². The van der Waals surface area contributed by atoms with Crippen molar-refractivity contribution in [1.29, 1.82) is 0 Å². The van der Waals surface area contributed by atoms with Gasteiger partial charge < -0.3 is 15.0 Å². The van der Waals surface area contributed by atoms with Gasteiger partial charge in [-0.3, -0.25) is 34.1 Å². The number of carbonyl (C=O) groups is 5. The minimum absolute atomic E-state index is 0.00179. The lowest BCUT2D eigenvalue weighted by Crippen LogP contribution is -2.58. The number of imide groups is 2. The molecule has 3 aromatic carbocycles. The number of rotatable bonds is 8. The van der Waals surface area contributed by atoms with E-state index in [1.807, 2.05) is 16.9 Å². The molecule has 14 nitrogen and oxygen atoms in total. The third kappa shape index (κ3) is 6.80. The van der Waals surface area contributed by atoms with Gasteiger partial charge in [-0.25, -0.2) is 9.80 Å². The Morgan fingerprint density at radius 3 is 2.33 bits per heavy atom. The lowest BCUT2D eigenvalue weighted by Gasteiger charge is -2.44. The Labute approximate surface area is 330 Å². The zero-order chi connectivity index (χ0) is 40.5. The van der Waals surface area contributed by atoms with E-state index >= 15 is 0 Å². The zero-order valence-electron chi connectivity index (χ0n) is 31.6. The number of hydrazine groups is 1. The van der Waals surface area contributed by atoms with Gasteiger partial charge in [0.25, 0.3) is 17.7 Å². The van der Waals surface area contributed by atoms with E-state index in [0.717, 1.165) is 91.4 Å². The van der Waals surface area contributed by atoms with Gasteiger partial charge in [-0.1, -0.05) is 6.07 Å². The van der Waals surface area contributed by atoms with Crippen LogP contribution in [0.2, 0.25) is 0 Å². The molecule has 9 rings (SSSR count). The van der Waals surface area contributed by atoms with E-state index < -0.39 is 41.4 Å². The van der Waals surface area contributed by atoms with E-state index in [1.54, 1.807) is 24.3 Å². The fourth-order valence-electron chi connectivity index (χ4n) is 9.32. The first-order valence-corrected chi connectivity index (χ1v) is 19.5. The van der Waals surface area contributed by atoms with Crippen molar-refractivity contribution < 1.29 is 41.9 Å². The van der Waals surface area contributed by atoms with Crippen LogP contribution in [-0.4, -0.2) is 99.7 Å². The number of fused-ring (bicyclic) bond motifs is 4. The minimum Gasteiger partial charge on any atom is -0.494 e. The fraction of sp³-hybridized carbons (Fsp3) is 0.415. The van der Waals surface area contributed by atoms with Crippen molar-refractivity contribution in [3.8, 4) is 5.75 Å². The fourth-order valence-corrected chi connectivity index (χ4v) is 9.32. The van der Waals surface area contributed by atoms with Crippen LogP contribution in [0, 0.1) is 5.92 Å². The van der Waals surface area contributed by atoms with E-state index in [-0.39, 0.29) is 35.7 Å². The molecule has 5 heterocycles. The maximum atomic E-state index is 13.4. The molecule has 58 heavy (non-hydrogen) atoms. The van der Waals surface area contributed by atoms with Gasteiger partial charge in [0.15, 0.2) is 0 Å². The van der Waals surface area contributed by atoms with Gasteiger partial charge in [-0.2, -0.15) is 23.3 Å². The van der Waals surface area contributed by atoms with Crippen LogP contribution in [0.25, 0.3) is 10.9 Å². The SMILES string of the molecule is COc1cc2nn(C3CCC(CN4C5CC[C@@H]4CN(c4ccc6c(c4)C(=O)N(N4CCC(=O)NC4=O)C6=O)C5)CC3)cc2cc1NC(=O)c1cccc(C(F)(F)F)c1. The number of methoxy groups -OCH3 is 1. The smallest absolute Gasteiger partial charge is 0.416 e. The molecule has 0 radical (unpaired) electrons. The number of carbonyl (C=O) groups excluding carboxylic acids is 5. The summed E-state index contributed by atoms with van der Waals surface area (Å²) in [6, 6.07) is 13.2. The number of halogens is 3. The molecule has 2 N–H and O–H groups in total. The predicted molar refractivity (Wildman–Crippen MR) is 204 cm³/mol. The molecule has 6 amide bonds.